The number of carbonyl (C=O) groups is 1. The van der Waals surface area contributed by atoms with Gasteiger partial charge in [-0.2, -0.15) is 4.98 Å². The molecule has 0 saturated heterocycles. The van der Waals surface area contributed by atoms with E-state index in [1.54, 1.807) is 19.1 Å². The van der Waals surface area contributed by atoms with Crippen molar-refractivity contribution in [2.75, 3.05) is 6.54 Å². The molecule has 1 aromatic heterocycles. The second-order valence-electron chi connectivity index (χ2n) is 6.56. The monoisotopic (exact) mass is 367 g/mol. The summed E-state index contributed by atoms with van der Waals surface area (Å²) in [6, 6.07) is 13.0. The third kappa shape index (κ3) is 5.23. The Kier molecular flexibility index (Phi) is 5.96. The van der Waals surface area contributed by atoms with Crippen molar-refractivity contribution in [2.24, 2.45) is 0 Å². The van der Waals surface area contributed by atoms with Gasteiger partial charge in [-0.25, -0.2) is 4.39 Å². The molecule has 1 amide bonds. The minimum absolute atomic E-state index is 0.0659. The van der Waals surface area contributed by atoms with E-state index in [1.807, 2.05) is 25.1 Å². The standard InChI is InChI=1S/C21H22FN3O2/c1-14-4-3-5-16(12-14)10-11-23-19(26)8-9-20-24-21(25-27-20)17-7-6-15(2)18(22)13-17/h3-7,12-13H,8-11H2,1-2H3,(H,23,26). The molecule has 0 aliphatic carbocycles. The molecule has 140 valence electrons. The van der Waals surface area contributed by atoms with E-state index in [-0.39, 0.29) is 18.1 Å². The van der Waals surface area contributed by atoms with Crippen molar-refractivity contribution < 1.29 is 13.7 Å². The van der Waals surface area contributed by atoms with Gasteiger partial charge in [0.05, 0.1) is 0 Å². The maximum absolute atomic E-state index is 13.6. The molecule has 3 rings (SSSR count). The second-order valence-corrected chi connectivity index (χ2v) is 6.56. The largest absolute Gasteiger partial charge is 0.356 e. The first-order valence-corrected chi connectivity index (χ1v) is 8.92. The van der Waals surface area contributed by atoms with Gasteiger partial charge in [-0.15, -0.1) is 0 Å². The Hall–Kier alpha value is -3.02. The van der Waals surface area contributed by atoms with Crippen LogP contribution in [0.3, 0.4) is 0 Å². The van der Waals surface area contributed by atoms with E-state index in [4.69, 9.17) is 4.52 Å². The summed E-state index contributed by atoms with van der Waals surface area (Å²) in [5, 5.41) is 6.76. The topological polar surface area (TPSA) is 68.0 Å². The van der Waals surface area contributed by atoms with Gasteiger partial charge in [-0.1, -0.05) is 47.1 Å². The molecule has 5 nitrogen and oxygen atoms in total. The Balaban J connectivity index is 1.46. The van der Waals surface area contributed by atoms with Gasteiger partial charge >= 0.3 is 0 Å². The molecule has 0 unspecified atom stereocenters. The van der Waals surface area contributed by atoms with Crippen LogP contribution < -0.4 is 5.32 Å². The molecular weight excluding hydrogens is 345 g/mol. The van der Waals surface area contributed by atoms with Crippen LogP contribution in [0.4, 0.5) is 4.39 Å². The van der Waals surface area contributed by atoms with Crippen molar-refractivity contribution >= 4 is 5.91 Å². The second kappa shape index (κ2) is 8.58. The fourth-order valence-corrected chi connectivity index (χ4v) is 2.73. The van der Waals surface area contributed by atoms with E-state index in [0.29, 0.717) is 35.8 Å². The first-order valence-electron chi connectivity index (χ1n) is 8.92. The van der Waals surface area contributed by atoms with Crippen LogP contribution in [0.2, 0.25) is 0 Å². The van der Waals surface area contributed by atoms with Gasteiger partial charge in [0.25, 0.3) is 0 Å². The van der Waals surface area contributed by atoms with Gasteiger partial charge < -0.3 is 9.84 Å². The Morgan fingerprint density at radius 1 is 1.15 bits per heavy atom. The van der Waals surface area contributed by atoms with Crippen LogP contribution in [0.25, 0.3) is 11.4 Å². The van der Waals surface area contributed by atoms with Gasteiger partial charge in [0.15, 0.2) is 0 Å². The zero-order valence-electron chi connectivity index (χ0n) is 15.5. The molecule has 0 spiro atoms. The molecule has 0 aliphatic rings. The molecule has 6 heteroatoms. The molecular formula is C21H22FN3O2. The fraction of sp³-hybridized carbons (Fsp3) is 0.286. The first kappa shape index (κ1) is 18.8. The average Bonchev–Trinajstić information content (AvgIpc) is 3.11. The lowest BCUT2D eigenvalue weighted by atomic mass is 10.1. The Morgan fingerprint density at radius 2 is 2.00 bits per heavy atom. The van der Waals surface area contributed by atoms with E-state index in [2.05, 4.69) is 21.5 Å². The lowest BCUT2D eigenvalue weighted by Gasteiger charge is -2.05. The van der Waals surface area contributed by atoms with E-state index in [0.717, 1.165) is 6.42 Å². The smallest absolute Gasteiger partial charge is 0.227 e. The van der Waals surface area contributed by atoms with Crippen LogP contribution in [0.1, 0.15) is 29.0 Å². The molecule has 3 aromatic rings. The molecule has 2 aromatic carbocycles. The molecule has 0 radical (unpaired) electrons. The summed E-state index contributed by atoms with van der Waals surface area (Å²) in [5.74, 6) is 0.305. The summed E-state index contributed by atoms with van der Waals surface area (Å²) < 4.78 is 18.8. The number of nitrogens with one attached hydrogen (secondary N) is 1. The first-order chi connectivity index (χ1) is 13.0. The molecule has 0 saturated carbocycles. The van der Waals surface area contributed by atoms with Crippen LogP contribution in [-0.2, 0) is 17.6 Å². The van der Waals surface area contributed by atoms with Crippen LogP contribution in [0.5, 0.6) is 0 Å². The quantitative estimate of drug-likeness (QED) is 0.690. The highest BCUT2D eigenvalue weighted by Crippen LogP contribution is 2.19. The number of nitrogens with zero attached hydrogens (tertiary/aromatic N) is 2. The molecule has 0 aliphatic heterocycles. The van der Waals surface area contributed by atoms with Crippen molar-refractivity contribution in [2.45, 2.75) is 33.1 Å². The van der Waals surface area contributed by atoms with Crippen LogP contribution in [0.15, 0.2) is 47.0 Å². The zero-order chi connectivity index (χ0) is 19.2. The highest BCUT2D eigenvalue weighted by Gasteiger charge is 2.12. The lowest BCUT2D eigenvalue weighted by molar-refractivity contribution is -0.121. The average molecular weight is 367 g/mol. The van der Waals surface area contributed by atoms with E-state index in [9.17, 15) is 9.18 Å². The zero-order valence-corrected chi connectivity index (χ0v) is 15.5. The van der Waals surface area contributed by atoms with Crippen molar-refractivity contribution in [1.82, 2.24) is 15.5 Å². The number of rotatable bonds is 7. The van der Waals surface area contributed by atoms with Gasteiger partial charge in [-0.3, -0.25) is 4.79 Å². The van der Waals surface area contributed by atoms with E-state index in [1.165, 1.54) is 17.2 Å². The Labute approximate surface area is 157 Å². The maximum Gasteiger partial charge on any atom is 0.227 e. The number of benzene rings is 2. The highest BCUT2D eigenvalue weighted by atomic mass is 19.1. The number of carbonyl (C=O) groups excluding carboxylic acids is 1. The van der Waals surface area contributed by atoms with Crippen LogP contribution >= 0.6 is 0 Å². The van der Waals surface area contributed by atoms with E-state index >= 15 is 0 Å². The van der Waals surface area contributed by atoms with Crippen molar-refractivity contribution in [3.05, 3.63) is 70.9 Å². The number of hydrogen-bond donors (Lipinski definition) is 1. The fourth-order valence-electron chi connectivity index (χ4n) is 2.73. The third-order valence-corrected chi connectivity index (χ3v) is 4.28. The third-order valence-electron chi connectivity index (χ3n) is 4.28. The predicted octanol–water partition coefficient (Wildman–Crippen LogP) is 3.78. The van der Waals surface area contributed by atoms with Crippen molar-refractivity contribution in [1.29, 1.82) is 0 Å². The normalized spacial score (nSPS) is 10.8. The predicted molar refractivity (Wildman–Crippen MR) is 101 cm³/mol. The SMILES string of the molecule is Cc1cccc(CCNC(=O)CCc2nc(-c3ccc(C)c(F)c3)no2)c1. The summed E-state index contributed by atoms with van der Waals surface area (Å²) in [4.78, 5) is 16.2. The summed E-state index contributed by atoms with van der Waals surface area (Å²) in [6.45, 7) is 4.32. The molecule has 27 heavy (non-hydrogen) atoms. The molecule has 0 bridgehead atoms. The maximum atomic E-state index is 13.6. The van der Waals surface area contributed by atoms with Crippen molar-refractivity contribution in [3.63, 3.8) is 0 Å². The molecule has 0 fully saturated rings. The van der Waals surface area contributed by atoms with Crippen LogP contribution in [-0.4, -0.2) is 22.6 Å². The Morgan fingerprint density at radius 3 is 2.78 bits per heavy atom. The van der Waals surface area contributed by atoms with Gasteiger partial charge in [0.1, 0.15) is 5.82 Å². The summed E-state index contributed by atoms with van der Waals surface area (Å²) in [6.07, 6.45) is 1.40. The summed E-state index contributed by atoms with van der Waals surface area (Å²) >= 11 is 0. The number of hydrogen-bond acceptors (Lipinski definition) is 4. The van der Waals surface area contributed by atoms with E-state index < -0.39 is 0 Å². The van der Waals surface area contributed by atoms with Gasteiger partial charge in [0, 0.05) is 24.9 Å². The molecule has 1 N–H and O–H groups in total. The minimum atomic E-state index is -0.313. The van der Waals surface area contributed by atoms with Crippen LogP contribution in [0, 0.1) is 19.7 Å². The van der Waals surface area contributed by atoms with Crippen molar-refractivity contribution in [3.8, 4) is 11.4 Å². The number of halogens is 1. The number of aromatic nitrogens is 2. The summed E-state index contributed by atoms with van der Waals surface area (Å²) in [5.41, 5.74) is 3.52. The summed E-state index contributed by atoms with van der Waals surface area (Å²) in [7, 11) is 0. The Bertz CT molecular complexity index is 937. The van der Waals surface area contributed by atoms with Gasteiger partial charge in [-0.05, 0) is 37.5 Å². The number of amides is 1. The van der Waals surface area contributed by atoms with Gasteiger partial charge in [0.2, 0.25) is 17.6 Å². The molecule has 0 atom stereocenters. The molecule has 1 heterocycles. The lowest BCUT2D eigenvalue weighted by Crippen LogP contribution is -2.25. The number of aryl methyl sites for hydroxylation is 3. The minimum Gasteiger partial charge on any atom is -0.356 e. The highest BCUT2D eigenvalue weighted by molar-refractivity contribution is 5.76.